The zero-order chi connectivity index (χ0) is 15.1. The fraction of sp³-hybridized carbons (Fsp3) is 0.417. The average molecular weight is 289 g/mol. The second-order valence-electron chi connectivity index (χ2n) is 4.68. The molecule has 5 nitrogen and oxygen atoms in total. The highest BCUT2D eigenvalue weighted by molar-refractivity contribution is 6.00. The van der Waals surface area contributed by atoms with E-state index in [-0.39, 0.29) is 18.7 Å². The lowest BCUT2D eigenvalue weighted by atomic mass is 10.1. The van der Waals surface area contributed by atoms with Crippen LogP contribution < -0.4 is 10.6 Å². The Labute approximate surface area is 112 Å². The Hall–Kier alpha value is -1.80. The van der Waals surface area contributed by atoms with Crippen molar-refractivity contribution in [3.63, 3.8) is 0 Å². The van der Waals surface area contributed by atoms with Crippen molar-refractivity contribution in [2.45, 2.75) is 18.4 Å². The predicted molar refractivity (Wildman–Crippen MR) is 66.7 cm³/mol. The minimum Gasteiger partial charge on any atom is -0.389 e. The lowest BCUT2D eigenvalue weighted by Gasteiger charge is -2.22. The quantitative estimate of drug-likeness (QED) is 0.472. The topological polar surface area (TPSA) is 93.6 Å². The summed E-state index contributed by atoms with van der Waals surface area (Å²) in [5.41, 5.74) is 4.66. The van der Waals surface area contributed by atoms with Gasteiger partial charge in [0.15, 0.2) is 0 Å². The normalized spacial score (nSPS) is 23.1. The van der Waals surface area contributed by atoms with E-state index in [4.69, 9.17) is 11.1 Å². The van der Waals surface area contributed by atoms with Gasteiger partial charge in [0.25, 0.3) is 0 Å². The molecule has 110 valence electrons. The van der Waals surface area contributed by atoms with Gasteiger partial charge in [-0.05, 0) is 18.2 Å². The monoisotopic (exact) mass is 289 g/mol. The standard InChI is InChI=1S/C12H14F3N3O2/c13-12(14,15)6-1-2-8(7(3-6)11(16)17)18-4-9(19)10(20)5-18/h1-3,9-10,19-20H,4-5H2,(H3,16,17). The van der Waals surface area contributed by atoms with Gasteiger partial charge in [-0.25, -0.2) is 0 Å². The molecule has 2 unspecified atom stereocenters. The number of rotatable bonds is 2. The van der Waals surface area contributed by atoms with Crippen LogP contribution in [0.5, 0.6) is 0 Å². The molecule has 0 spiro atoms. The minimum atomic E-state index is -4.52. The van der Waals surface area contributed by atoms with Gasteiger partial charge < -0.3 is 20.8 Å². The fourth-order valence-electron chi connectivity index (χ4n) is 2.17. The van der Waals surface area contributed by atoms with Gasteiger partial charge in [0.05, 0.1) is 17.8 Å². The van der Waals surface area contributed by atoms with Gasteiger partial charge in [-0.15, -0.1) is 0 Å². The highest BCUT2D eigenvalue weighted by atomic mass is 19.4. The third kappa shape index (κ3) is 2.70. The fourth-order valence-corrected chi connectivity index (χ4v) is 2.17. The first-order valence-corrected chi connectivity index (χ1v) is 5.87. The highest BCUT2D eigenvalue weighted by Crippen LogP contribution is 2.33. The molecule has 1 aromatic rings. The largest absolute Gasteiger partial charge is 0.416 e. The number of halogens is 3. The number of alkyl halides is 3. The molecule has 5 N–H and O–H groups in total. The van der Waals surface area contributed by atoms with Crippen molar-refractivity contribution >= 4 is 11.5 Å². The van der Waals surface area contributed by atoms with Gasteiger partial charge >= 0.3 is 6.18 Å². The lowest BCUT2D eigenvalue weighted by Crippen LogP contribution is -2.25. The third-order valence-corrected chi connectivity index (χ3v) is 3.21. The van der Waals surface area contributed by atoms with Crippen LogP contribution in [0.2, 0.25) is 0 Å². The summed E-state index contributed by atoms with van der Waals surface area (Å²) < 4.78 is 38.0. The zero-order valence-corrected chi connectivity index (χ0v) is 10.4. The summed E-state index contributed by atoms with van der Waals surface area (Å²) in [6, 6.07) is 2.89. The van der Waals surface area contributed by atoms with Crippen LogP contribution in [0.1, 0.15) is 11.1 Å². The number of hydrogen-bond acceptors (Lipinski definition) is 4. The van der Waals surface area contributed by atoms with Crippen LogP contribution in [0.15, 0.2) is 18.2 Å². The first-order chi connectivity index (χ1) is 9.20. The molecule has 0 bridgehead atoms. The number of aliphatic hydroxyl groups is 2. The Bertz CT molecular complexity index is 523. The van der Waals surface area contributed by atoms with Crippen molar-refractivity contribution in [2.75, 3.05) is 18.0 Å². The molecule has 20 heavy (non-hydrogen) atoms. The van der Waals surface area contributed by atoms with E-state index in [1.165, 1.54) is 11.0 Å². The molecule has 2 atom stereocenters. The molecule has 1 aromatic carbocycles. The molecular weight excluding hydrogens is 275 g/mol. The number of nitrogens with two attached hydrogens (primary N) is 1. The van der Waals surface area contributed by atoms with Crippen LogP contribution >= 0.6 is 0 Å². The van der Waals surface area contributed by atoms with Crippen LogP contribution in [-0.2, 0) is 6.18 Å². The molecule has 0 aromatic heterocycles. The number of nitrogens with zero attached hydrogens (tertiary/aromatic N) is 1. The minimum absolute atomic E-state index is 0.0684. The van der Waals surface area contributed by atoms with Crippen LogP contribution in [0.25, 0.3) is 0 Å². The SMILES string of the molecule is N=C(N)c1cc(C(F)(F)F)ccc1N1CC(O)C(O)C1. The van der Waals surface area contributed by atoms with Crippen molar-refractivity contribution in [1.82, 2.24) is 0 Å². The second kappa shape index (κ2) is 4.95. The smallest absolute Gasteiger partial charge is 0.389 e. The molecule has 0 radical (unpaired) electrons. The number of hydrogen-bond donors (Lipinski definition) is 4. The van der Waals surface area contributed by atoms with Crippen LogP contribution in [0, 0.1) is 5.41 Å². The predicted octanol–water partition coefficient (Wildman–Crippen LogP) is 0.531. The molecule has 1 aliphatic rings. The van der Waals surface area contributed by atoms with E-state index in [1.54, 1.807) is 0 Å². The van der Waals surface area contributed by atoms with Gasteiger partial charge in [-0.1, -0.05) is 0 Å². The Morgan fingerprint density at radius 3 is 2.25 bits per heavy atom. The summed E-state index contributed by atoms with van der Waals surface area (Å²) in [5.74, 6) is -0.498. The molecule has 1 saturated heterocycles. The van der Waals surface area contributed by atoms with E-state index < -0.39 is 29.8 Å². The second-order valence-corrected chi connectivity index (χ2v) is 4.68. The molecule has 0 aliphatic carbocycles. The molecule has 0 saturated carbocycles. The average Bonchev–Trinajstić information content (AvgIpc) is 2.67. The Balaban J connectivity index is 2.41. The number of nitrogen functional groups attached to an aromatic ring is 1. The Morgan fingerprint density at radius 1 is 1.25 bits per heavy atom. The number of β-amino-alcohol motifs (C(OH)–C–C–N with tert-alkyl or cyclic N) is 2. The van der Waals surface area contributed by atoms with E-state index in [0.29, 0.717) is 5.69 Å². The van der Waals surface area contributed by atoms with Crippen molar-refractivity contribution < 1.29 is 23.4 Å². The Kier molecular flexibility index (Phi) is 3.61. The van der Waals surface area contributed by atoms with Crippen LogP contribution in [-0.4, -0.2) is 41.3 Å². The maximum Gasteiger partial charge on any atom is 0.416 e. The maximum absolute atomic E-state index is 12.7. The van der Waals surface area contributed by atoms with Gasteiger partial charge in [-0.2, -0.15) is 13.2 Å². The van der Waals surface area contributed by atoms with E-state index in [1.807, 2.05) is 0 Å². The van der Waals surface area contributed by atoms with E-state index >= 15 is 0 Å². The molecular formula is C12H14F3N3O2. The van der Waals surface area contributed by atoms with Gasteiger partial charge in [0.1, 0.15) is 5.84 Å². The van der Waals surface area contributed by atoms with Gasteiger partial charge in [0, 0.05) is 24.3 Å². The summed E-state index contributed by atoms with van der Waals surface area (Å²) in [4.78, 5) is 1.51. The maximum atomic E-state index is 12.7. The van der Waals surface area contributed by atoms with Crippen LogP contribution in [0.3, 0.4) is 0 Å². The van der Waals surface area contributed by atoms with Crippen molar-refractivity contribution in [3.05, 3.63) is 29.3 Å². The molecule has 0 amide bonds. The Morgan fingerprint density at radius 2 is 1.80 bits per heavy atom. The zero-order valence-electron chi connectivity index (χ0n) is 10.4. The summed E-state index contributed by atoms with van der Waals surface area (Å²) in [5, 5.41) is 26.4. The van der Waals surface area contributed by atoms with E-state index in [2.05, 4.69) is 0 Å². The number of aliphatic hydroxyl groups excluding tert-OH is 2. The number of nitrogens with one attached hydrogen (secondary N) is 1. The lowest BCUT2D eigenvalue weighted by molar-refractivity contribution is -0.137. The van der Waals surface area contributed by atoms with Crippen LogP contribution in [0.4, 0.5) is 18.9 Å². The first-order valence-electron chi connectivity index (χ1n) is 5.87. The molecule has 2 rings (SSSR count). The molecule has 1 fully saturated rings. The van der Waals surface area contributed by atoms with Crippen molar-refractivity contribution in [3.8, 4) is 0 Å². The van der Waals surface area contributed by atoms with E-state index in [0.717, 1.165) is 12.1 Å². The third-order valence-electron chi connectivity index (χ3n) is 3.21. The first kappa shape index (κ1) is 14.6. The number of benzene rings is 1. The number of amidine groups is 1. The van der Waals surface area contributed by atoms with Gasteiger partial charge in [-0.3, -0.25) is 5.41 Å². The molecule has 8 heteroatoms. The molecule has 1 heterocycles. The van der Waals surface area contributed by atoms with E-state index in [9.17, 15) is 23.4 Å². The summed E-state index contributed by atoms with van der Waals surface area (Å²) in [6.07, 6.45) is -6.47. The summed E-state index contributed by atoms with van der Waals surface area (Å²) in [6.45, 7) is 0.152. The highest BCUT2D eigenvalue weighted by Gasteiger charge is 2.34. The number of anilines is 1. The van der Waals surface area contributed by atoms with Crippen molar-refractivity contribution in [1.29, 1.82) is 5.41 Å². The van der Waals surface area contributed by atoms with Gasteiger partial charge in [0.2, 0.25) is 0 Å². The van der Waals surface area contributed by atoms with Crippen molar-refractivity contribution in [2.24, 2.45) is 5.73 Å². The summed E-state index contributed by atoms with van der Waals surface area (Å²) >= 11 is 0. The molecule has 1 aliphatic heterocycles. The summed E-state index contributed by atoms with van der Waals surface area (Å²) in [7, 11) is 0.